The number of imidazole rings is 1. The van der Waals surface area contributed by atoms with Crippen LogP contribution in [0.4, 0.5) is 5.95 Å². The minimum absolute atomic E-state index is 0. The molecule has 3 N–H and O–H groups in total. The van der Waals surface area contributed by atoms with Gasteiger partial charge in [0.15, 0.2) is 5.95 Å². The van der Waals surface area contributed by atoms with Crippen LogP contribution in [-0.2, 0) is 0 Å². The van der Waals surface area contributed by atoms with Crippen LogP contribution >= 0.6 is 35.6 Å². The largest absolute Gasteiger partial charge is 0.369 e. The minimum atomic E-state index is 0. The maximum Gasteiger partial charge on any atom is 0.198 e. The number of anilines is 1. The van der Waals surface area contributed by atoms with E-state index in [0.717, 1.165) is 11.0 Å². The summed E-state index contributed by atoms with van der Waals surface area (Å²) in [7, 11) is 0. The Morgan fingerprint density at radius 1 is 1.23 bits per heavy atom. The van der Waals surface area contributed by atoms with Crippen LogP contribution in [0.2, 0.25) is 10.0 Å². The molecular formula is C7H6Cl3N3. The normalized spacial score (nSPS) is 10.0. The van der Waals surface area contributed by atoms with E-state index >= 15 is 0 Å². The predicted octanol–water partition coefficient (Wildman–Crippen LogP) is 2.87. The first-order chi connectivity index (χ1) is 5.66. The molecule has 0 saturated carbocycles. The van der Waals surface area contributed by atoms with Gasteiger partial charge in [-0.1, -0.05) is 23.2 Å². The van der Waals surface area contributed by atoms with Gasteiger partial charge in [-0.15, -0.1) is 12.4 Å². The molecule has 0 saturated heterocycles. The van der Waals surface area contributed by atoms with Crippen LogP contribution in [0.5, 0.6) is 0 Å². The van der Waals surface area contributed by atoms with E-state index in [1.165, 1.54) is 0 Å². The van der Waals surface area contributed by atoms with E-state index in [0.29, 0.717) is 16.0 Å². The number of H-pyrrole nitrogens is 1. The van der Waals surface area contributed by atoms with Crippen molar-refractivity contribution in [1.29, 1.82) is 0 Å². The number of nitrogen functional groups attached to an aromatic ring is 1. The van der Waals surface area contributed by atoms with Gasteiger partial charge in [0.05, 0.1) is 21.1 Å². The van der Waals surface area contributed by atoms with Crippen molar-refractivity contribution in [3.8, 4) is 0 Å². The highest BCUT2D eigenvalue weighted by molar-refractivity contribution is 6.42. The molecule has 0 aliphatic carbocycles. The molecular weight excluding hydrogens is 232 g/mol. The number of nitrogens with one attached hydrogen (secondary N) is 1. The van der Waals surface area contributed by atoms with Crippen LogP contribution < -0.4 is 5.73 Å². The Balaban J connectivity index is 0.000000845. The van der Waals surface area contributed by atoms with Crippen LogP contribution in [0.3, 0.4) is 0 Å². The van der Waals surface area contributed by atoms with E-state index in [2.05, 4.69) is 9.97 Å². The van der Waals surface area contributed by atoms with Crippen molar-refractivity contribution in [3.05, 3.63) is 22.2 Å². The van der Waals surface area contributed by atoms with Gasteiger partial charge in [-0.3, -0.25) is 0 Å². The monoisotopic (exact) mass is 237 g/mol. The van der Waals surface area contributed by atoms with Crippen molar-refractivity contribution in [1.82, 2.24) is 9.97 Å². The molecule has 0 aliphatic rings. The summed E-state index contributed by atoms with van der Waals surface area (Å²) >= 11 is 11.5. The Morgan fingerprint density at radius 2 is 1.85 bits per heavy atom. The number of halogens is 3. The number of aromatic amines is 1. The molecule has 0 unspecified atom stereocenters. The number of nitrogens with zero attached hydrogens (tertiary/aromatic N) is 1. The number of rotatable bonds is 0. The number of hydrogen-bond acceptors (Lipinski definition) is 2. The van der Waals surface area contributed by atoms with Gasteiger partial charge in [0, 0.05) is 0 Å². The Hall–Kier alpha value is -0.640. The van der Waals surface area contributed by atoms with Gasteiger partial charge in [-0.05, 0) is 12.1 Å². The number of fused-ring (bicyclic) bond motifs is 1. The molecule has 1 heterocycles. The van der Waals surface area contributed by atoms with Gasteiger partial charge in [-0.25, -0.2) is 4.98 Å². The topological polar surface area (TPSA) is 54.7 Å². The lowest BCUT2D eigenvalue weighted by molar-refractivity contribution is 1.35. The van der Waals surface area contributed by atoms with Crippen molar-refractivity contribution in [2.45, 2.75) is 0 Å². The number of nitrogens with two attached hydrogens (primary N) is 1. The molecule has 13 heavy (non-hydrogen) atoms. The lowest BCUT2D eigenvalue weighted by Crippen LogP contribution is -1.84. The van der Waals surface area contributed by atoms with E-state index in [-0.39, 0.29) is 12.4 Å². The van der Waals surface area contributed by atoms with Crippen molar-refractivity contribution in [3.63, 3.8) is 0 Å². The highest BCUT2D eigenvalue weighted by Gasteiger charge is 2.03. The molecule has 1 aromatic heterocycles. The highest BCUT2D eigenvalue weighted by atomic mass is 35.5. The second-order valence-electron chi connectivity index (χ2n) is 2.41. The zero-order valence-corrected chi connectivity index (χ0v) is 8.67. The molecule has 0 fully saturated rings. The third-order valence-corrected chi connectivity index (χ3v) is 2.26. The molecule has 0 atom stereocenters. The standard InChI is InChI=1S/C7H5Cl2N3.ClH/c8-3-1-5-6(2-4(3)9)12-7(10)11-5;/h1-2H,(H3,10,11,12);1H. The van der Waals surface area contributed by atoms with Crippen molar-refractivity contribution in [2.75, 3.05) is 5.73 Å². The molecule has 2 rings (SSSR count). The Bertz CT molecular complexity index is 399. The Labute approximate surface area is 90.6 Å². The molecule has 0 radical (unpaired) electrons. The Morgan fingerprint density at radius 3 is 2.54 bits per heavy atom. The fourth-order valence-corrected chi connectivity index (χ4v) is 1.35. The minimum Gasteiger partial charge on any atom is -0.369 e. The molecule has 6 heteroatoms. The van der Waals surface area contributed by atoms with Crippen LogP contribution in [0.15, 0.2) is 12.1 Å². The van der Waals surface area contributed by atoms with Crippen LogP contribution in [0.25, 0.3) is 11.0 Å². The van der Waals surface area contributed by atoms with Crippen LogP contribution in [0.1, 0.15) is 0 Å². The summed E-state index contributed by atoms with van der Waals surface area (Å²) in [6.45, 7) is 0. The van der Waals surface area contributed by atoms with Crippen molar-refractivity contribution >= 4 is 52.6 Å². The molecule has 0 bridgehead atoms. The van der Waals surface area contributed by atoms with E-state index in [4.69, 9.17) is 28.9 Å². The van der Waals surface area contributed by atoms with Gasteiger partial charge >= 0.3 is 0 Å². The summed E-state index contributed by atoms with van der Waals surface area (Å²) in [5, 5.41) is 0.975. The molecule has 0 amide bonds. The second kappa shape index (κ2) is 3.62. The summed E-state index contributed by atoms with van der Waals surface area (Å²) in [5.74, 6) is 0.364. The van der Waals surface area contributed by atoms with Gasteiger partial charge in [0.25, 0.3) is 0 Å². The lowest BCUT2D eigenvalue weighted by atomic mass is 10.3. The van der Waals surface area contributed by atoms with E-state index < -0.39 is 0 Å². The average molecular weight is 239 g/mol. The first kappa shape index (κ1) is 10.4. The van der Waals surface area contributed by atoms with Crippen LogP contribution in [-0.4, -0.2) is 9.97 Å². The molecule has 0 aliphatic heterocycles. The van der Waals surface area contributed by atoms with Crippen molar-refractivity contribution < 1.29 is 0 Å². The van der Waals surface area contributed by atoms with Crippen LogP contribution in [0, 0.1) is 0 Å². The molecule has 2 aromatic rings. The Kier molecular flexibility index (Phi) is 2.91. The number of aromatic nitrogens is 2. The summed E-state index contributed by atoms with van der Waals surface area (Å²) in [6, 6.07) is 3.37. The van der Waals surface area contributed by atoms with Gasteiger partial charge in [-0.2, -0.15) is 0 Å². The maximum atomic E-state index is 5.78. The zero-order chi connectivity index (χ0) is 8.72. The second-order valence-corrected chi connectivity index (χ2v) is 3.22. The first-order valence-electron chi connectivity index (χ1n) is 3.27. The molecule has 1 aromatic carbocycles. The summed E-state index contributed by atoms with van der Waals surface area (Å²) in [6.07, 6.45) is 0. The third-order valence-electron chi connectivity index (χ3n) is 1.54. The quantitative estimate of drug-likeness (QED) is 0.741. The predicted molar refractivity (Wildman–Crippen MR) is 57.8 cm³/mol. The SMILES string of the molecule is Cl.Nc1nc2cc(Cl)c(Cl)cc2[nH]1. The van der Waals surface area contributed by atoms with E-state index in [9.17, 15) is 0 Å². The molecule has 70 valence electrons. The highest BCUT2D eigenvalue weighted by Crippen LogP contribution is 2.26. The first-order valence-corrected chi connectivity index (χ1v) is 4.02. The third kappa shape index (κ3) is 1.82. The summed E-state index contributed by atoms with van der Waals surface area (Å²) in [4.78, 5) is 6.84. The van der Waals surface area contributed by atoms with E-state index in [1.54, 1.807) is 12.1 Å². The van der Waals surface area contributed by atoms with Crippen molar-refractivity contribution in [2.24, 2.45) is 0 Å². The lowest BCUT2D eigenvalue weighted by Gasteiger charge is -1.92. The van der Waals surface area contributed by atoms with Gasteiger partial charge in [0.1, 0.15) is 0 Å². The van der Waals surface area contributed by atoms with Gasteiger partial charge < -0.3 is 10.7 Å². The molecule has 3 nitrogen and oxygen atoms in total. The number of benzene rings is 1. The number of hydrogen-bond donors (Lipinski definition) is 2. The fraction of sp³-hybridized carbons (Fsp3) is 0. The van der Waals surface area contributed by atoms with E-state index in [1.807, 2.05) is 0 Å². The summed E-state index contributed by atoms with van der Waals surface area (Å²) in [5.41, 5.74) is 6.96. The zero-order valence-electron chi connectivity index (χ0n) is 6.34. The average Bonchev–Trinajstić information content (AvgIpc) is 2.30. The fourth-order valence-electron chi connectivity index (χ4n) is 1.02. The maximum absolute atomic E-state index is 5.78. The van der Waals surface area contributed by atoms with Gasteiger partial charge in [0.2, 0.25) is 0 Å². The summed E-state index contributed by atoms with van der Waals surface area (Å²) < 4.78 is 0. The smallest absolute Gasteiger partial charge is 0.198 e. The molecule has 0 spiro atoms.